The van der Waals surface area contributed by atoms with Crippen molar-refractivity contribution in [1.29, 1.82) is 0 Å². The van der Waals surface area contributed by atoms with Gasteiger partial charge in [-0.2, -0.15) is 0 Å². The Kier molecular flexibility index (Phi) is 5.70. The molecule has 2 heterocycles. The lowest BCUT2D eigenvalue weighted by molar-refractivity contribution is 0.208. The molecular formula is C34H42N2. The lowest BCUT2D eigenvalue weighted by Crippen LogP contribution is -2.53. The maximum atomic E-state index is 2.87. The van der Waals surface area contributed by atoms with E-state index in [4.69, 9.17) is 0 Å². The van der Waals surface area contributed by atoms with Crippen LogP contribution in [0, 0.1) is 18.3 Å². The second-order valence-electron chi connectivity index (χ2n) is 12.6. The third-order valence-corrected chi connectivity index (χ3v) is 9.49. The van der Waals surface area contributed by atoms with Crippen molar-refractivity contribution in [3.8, 4) is 0 Å². The largest absolute Gasteiger partial charge is 0.346 e. The van der Waals surface area contributed by atoms with E-state index in [-0.39, 0.29) is 17.0 Å². The van der Waals surface area contributed by atoms with Gasteiger partial charge in [0.15, 0.2) is 0 Å². The van der Waals surface area contributed by atoms with Crippen LogP contribution >= 0.6 is 0 Å². The molecule has 0 radical (unpaired) electrons. The molecule has 1 saturated heterocycles. The van der Waals surface area contributed by atoms with Crippen LogP contribution in [0.2, 0.25) is 0 Å². The molecule has 3 aromatic rings. The molecule has 1 saturated carbocycles. The summed E-state index contributed by atoms with van der Waals surface area (Å²) in [6.07, 6.45) is 7.02. The van der Waals surface area contributed by atoms with Gasteiger partial charge in [0.2, 0.25) is 0 Å². The number of benzene rings is 3. The summed E-state index contributed by atoms with van der Waals surface area (Å²) in [5.41, 5.74) is 7.39. The summed E-state index contributed by atoms with van der Waals surface area (Å²) in [4.78, 5) is 5.66. The molecule has 0 spiro atoms. The maximum Gasteiger partial charge on any atom is 0.107 e. The topological polar surface area (TPSA) is 6.48 Å². The third kappa shape index (κ3) is 3.29. The smallest absolute Gasteiger partial charge is 0.107 e. The minimum atomic E-state index is -0.00136. The van der Waals surface area contributed by atoms with E-state index in [1.165, 1.54) is 54.6 Å². The van der Waals surface area contributed by atoms with Crippen LogP contribution in [0.15, 0.2) is 78.9 Å². The van der Waals surface area contributed by atoms with Crippen molar-refractivity contribution < 1.29 is 0 Å². The van der Waals surface area contributed by atoms with E-state index in [9.17, 15) is 0 Å². The number of para-hydroxylation sites is 2. The van der Waals surface area contributed by atoms with Crippen LogP contribution in [0.5, 0.6) is 0 Å². The molecule has 2 aliphatic heterocycles. The highest BCUT2D eigenvalue weighted by Gasteiger charge is 2.65. The van der Waals surface area contributed by atoms with Crippen molar-refractivity contribution in [2.24, 2.45) is 11.3 Å². The van der Waals surface area contributed by atoms with E-state index in [0.29, 0.717) is 18.0 Å². The average Bonchev–Trinajstić information content (AvgIpc) is 3.36. The summed E-state index contributed by atoms with van der Waals surface area (Å²) >= 11 is 0. The van der Waals surface area contributed by atoms with E-state index < -0.39 is 0 Å². The fourth-order valence-corrected chi connectivity index (χ4v) is 8.32. The van der Waals surface area contributed by atoms with Crippen LogP contribution in [0.1, 0.15) is 76.5 Å². The molecule has 2 fully saturated rings. The molecule has 36 heavy (non-hydrogen) atoms. The zero-order chi connectivity index (χ0) is 25.1. The van der Waals surface area contributed by atoms with Crippen molar-refractivity contribution in [2.75, 3.05) is 9.80 Å². The summed E-state index contributed by atoms with van der Waals surface area (Å²) in [7, 11) is 0. The van der Waals surface area contributed by atoms with E-state index in [1.54, 1.807) is 5.56 Å². The Morgan fingerprint density at radius 3 is 2.00 bits per heavy atom. The highest BCUT2D eigenvalue weighted by Crippen LogP contribution is 2.62. The van der Waals surface area contributed by atoms with Crippen LogP contribution in [-0.4, -0.2) is 18.2 Å². The molecule has 4 atom stereocenters. The van der Waals surface area contributed by atoms with Gasteiger partial charge in [-0.05, 0) is 61.4 Å². The molecule has 6 rings (SSSR count). The summed E-state index contributed by atoms with van der Waals surface area (Å²) in [6.45, 7) is 12.1. The predicted octanol–water partition coefficient (Wildman–Crippen LogP) is 8.33. The average molecular weight is 479 g/mol. The van der Waals surface area contributed by atoms with Gasteiger partial charge in [0.05, 0.1) is 6.04 Å². The minimum absolute atomic E-state index is 0.00136. The Hall–Kier alpha value is -2.74. The van der Waals surface area contributed by atoms with Gasteiger partial charge in [-0.1, -0.05) is 107 Å². The Morgan fingerprint density at radius 2 is 1.33 bits per heavy atom. The predicted molar refractivity (Wildman–Crippen MR) is 153 cm³/mol. The fourth-order valence-electron chi connectivity index (χ4n) is 8.32. The van der Waals surface area contributed by atoms with Gasteiger partial charge in [0.25, 0.3) is 0 Å². The van der Waals surface area contributed by atoms with Crippen molar-refractivity contribution in [2.45, 2.75) is 90.4 Å². The van der Waals surface area contributed by atoms with Crippen LogP contribution in [-0.2, 0) is 5.41 Å². The summed E-state index contributed by atoms with van der Waals surface area (Å²) < 4.78 is 0. The normalized spacial score (nSPS) is 28.3. The summed E-state index contributed by atoms with van der Waals surface area (Å²) in [5, 5.41) is 0. The van der Waals surface area contributed by atoms with E-state index in [1.807, 2.05) is 0 Å². The minimum Gasteiger partial charge on any atom is -0.346 e. The van der Waals surface area contributed by atoms with Gasteiger partial charge in [0.1, 0.15) is 6.17 Å². The molecule has 3 unspecified atom stereocenters. The fraction of sp³-hybridized carbons (Fsp3) is 0.471. The van der Waals surface area contributed by atoms with Gasteiger partial charge >= 0.3 is 0 Å². The molecule has 0 N–H and O–H groups in total. The molecule has 0 aromatic heterocycles. The monoisotopic (exact) mass is 478 g/mol. The molecule has 3 aromatic carbocycles. The van der Waals surface area contributed by atoms with Crippen molar-refractivity contribution in [3.05, 3.63) is 95.6 Å². The van der Waals surface area contributed by atoms with Crippen molar-refractivity contribution >= 4 is 11.4 Å². The van der Waals surface area contributed by atoms with Gasteiger partial charge < -0.3 is 9.80 Å². The first kappa shape index (κ1) is 23.6. The number of fused-ring (bicyclic) bond motifs is 3. The van der Waals surface area contributed by atoms with Crippen molar-refractivity contribution in [1.82, 2.24) is 0 Å². The van der Waals surface area contributed by atoms with Crippen LogP contribution in [0.4, 0.5) is 11.4 Å². The van der Waals surface area contributed by atoms with Crippen LogP contribution in [0.3, 0.4) is 0 Å². The zero-order valence-electron chi connectivity index (χ0n) is 22.7. The second-order valence-corrected chi connectivity index (χ2v) is 12.6. The first-order chi connectivity index (χ1) is 17.4. The van der Waals surface area contributed by atoms with Gasteiger partial charge in [-0.25, -0.2) is 0 Å². The number of aryl methyl sites for hydroxylation is 1. The molecule has 2 heteroatoms. The van der Waals surface area contributed by atoms with Crippen LogP contribution in [0.25, 0.3) is 0 Å². The Balaban J connectivity index is 1.65. The highest BCUT2D eigenvalue weighted by atomic mass is 15.5. The number of hydrogen-bond donors (Lipinski definition) is 0. The zero-order valence-corrected chi connectivity index (χ0v) is 22.7. The lowest BCUT2D eigenvalue weighted by atomic mass is 9.58. The summed E-state index contributed by atoms with van der Waals surface area (Å²) in [6, 6.07) is 30.8. The standard InChI is InChI=1S/C34H42N2/c1-24-16-12-14-22-29(24)35-25(2)31-34(26-17-8-6-9-18-26,27-19-10-7-11-20-27)28-21-13-15-23-30(28)36(31)32(35)33(3,4)5/h6,8-9,12-18,21-23,25,27,31-32H,7,10-11,19-20H2,1-5H3/t25-,31?,32?,34?/m0/s1. The van der Waals surface area contributed by atoms with Crippen molar-refractivity contribution in [3.63, 3.8) is 0 Å². The first-order valence-electron chi connectivity index (χ1n) is 14.1. The second kappa shape index (κ2) is 8.68. The number of anilines is 2. The van der Waals surface area contributed by atoms with E-state index in [2.05, 4.69) is 123 Å². The SMILES string of the molecule is Cc1ccccc1N1C(C(C)(C)C)N2c3ccccc3C(c3ccccc3)(C3CCCCC3)C2[C@@H]1C. The van der Waals surface area contributed by atoms with E-state index >= 15 is 0 Å². The van der Waals surface area contributed by atoms with Crippen LogP contribution < -0.4 is 9.80 Å². The Morgan fingerprint density at radius 1 is 0.722 bits per heavy atom. The summed E-state index contributed by atoms with van der Waals surface area (Å²) in [5.74, 6) is 0.657. The molecular weight excluding hydrogens is 436 g/mol. The maximum absolute atomic E-state index is 2.87. The van der Waals surface area contributed by atoms with Gasteiger partial charge in [-0.15, -0.1) is 0 Å². The highest BCUT2D eigenvalue weighted by molar-refractivity contribution is 5.75. The molecule has 3 aliphatic rings. The Bertz CT molecular complexity index is 1220. The molecule has 188 valence electrons. The number of hydrogen-bond acceptors (Lipinski definition) is 2. The van der Waals surface area contributed by atoms with Gasteiger partial charge in [-0.3, -0.25) is 0 Å². The first-order valence-corrected chi connectivity index (χ1v) is 14.1. The van der Waals surface area contributed by atoms with Gasteiger partial charge in [0, 0.05) is 28.2 Å². The lowest BCUT2D eigenvalue weighted by Gasteiger charge is -2.47. The molecule has 1 aliphatic carbocycles. The molecule has 0 bridgehead atoms. The van der Waals surface area contributed by atoms with E-state index in [0.717, 1.165) is 0 Å². The quantitative estimate of drug-likeness (QED) is 0.373. The third-order valence-electron chi connectivity index (χ3n) is 9.49. The molecule has 0 amide bonds. The number of rotatable bonds is 3. The Labute approximate surface area is 218 Å². The number of nitrogens with zero attached hydrogens (tertiary/aromatic N) is 2. The molecule has 2 nitrogen and oxygen atoms in total.